The molecule has 0 N–H and O–H groups in total. The van der Waals surface area contributed by atoms with Gasteiger partial charge in [0, 0.05) is 0 Å². The van der Waals surface area contributed by atoms with Crippen LogP contribution in [-0.2, 0) is 0 Å². The Morgan fingerprint density at radius 3 is 0.818 bits per heavy atom. The van der Waals surface area contributed by atoms with Gasteiger partial charge in [-0.15, -0.1) is 0 Å². The van der Waals surface area contributed by atoms with Gasteiger partial charge in [-0.2, -0.15) is 0 Å². The third-order valence-electron chi connectivity index (χ3n) is 4.37. The zero-order chi connectivity index (χ0) is 15.7. The van der Waals surface area contributed by atoms with Crippen molar-refractivity contribution in [1.82, 2.24) is 0 Å². The molecule has 5 fully saturated rings. The molecular formula is C22H40. The van der Waals surface area contributed by atoms with Crippen molar-refractivity contribution < 1.29 is 0 Å². The summed E-state index contributed by atoms with van der Waals surface area (Å²) in [6.07, 6.45) is 31.2. The first-order chi connectivity index (χ1) is 10.9. The second kappa shape index (κ2) is 15.9. The summed E-state index contributed by atoms with van der Waals surface area (Å²) in [7, 11) is 0. The molecule has 5 saturated carbocycles. The molecule has 0 unspecified atom stereocenters. The first kappa shape index (κ1) is 20.0. The van der Waals surface area contributed by atoms with Crippen LogP contribution in [0.1, 0.15) is 109 Å². The van der Waals surface area contributed by atoms with E-state index in [1.165, 1.54) is 109 Å². The second-order valence-electron chi connectivity index (χ2n) is 7.22. The smallest absolute Gasteiger partial charge is 0.0386 e. The third-order valence-corrected chi connectivity index (χ3v) is 4.37. The van der Waals surface area contributed by atoms with Crippen LogP contribution in [0.15, 0.2) is 0 Å². The number of hydrogen-bond acceptors (Lipinski definition) is 0. The SMILES string of the molecule is C1CCCC1.[CH2]C1CC1.[CH]1CC1.[CH]1CCC1.[CH]1CCCCC1. The summed E-state index contributed by atoms with van der Waals surface area (Å²) in [5.74, 6) is 0.833. The quantitative estimate of drug-likeness (QED) is 0.430. The van der Waals surface area contributed by atoms with Crippen molar-refractivity contribution >= 4 is 0 Å². The van der Waals surface area contributed by atoms with E-state index in [0.717, 1.165) is 5.92 Å². The van der Waals surface area contributed by atoms with Gasteiger partial charge in [0.25, 0.3) is 0 Å². The van der Waals surface area contributed by atoms with Gasteiger partial charge in [0.2, 0.25) is 0 Å². The largest absolute Gasteiger partial charge is 0.0533 e. The molecule has 0 heterocycles. The zero-order valence-corrected chi connectivity index (χ0v) is 15.0. The minimum atomic E-state index is 0.833. The van der Waals surface area contributed by atoms with Gasteiger partial charge in [-0.05, 0) is 38.0 Å². The van der Waals surface area contributed by atoms with Crippen LogP contribution in [0, 0.1) is 32.1 Å². The Balaban J connectivity index is 0.000000140. The first-order valence-corrected chi connectivity index (χ1v) is 10.2. The summed E-state index contributed by atoms with van der Waals surface area (Å²) < 4.78 is 0. The van der Waals surface area contributed by atoms with Gasteiger partial charge < -0.3 is 0 Å². The first-order valence-electron chi connectivity index (χ1n) is 10.2. The van der Waals surface area contributed by atoms with Crippen LogP contribution in [-0.4, -0.2) is 0 Å². The Labute approximate surface area is 141 Å². The monoisotopic (exact) mass is 304 g/mol. The third kappa shape index (κ3) is 20.0. The van der Waals surface area contributed by atoms with Crippen LogP contribution >= 0.6 is 0 Å². The lowest BCUT2D eigenvalue weighted by molar-refractivity contribution is 0.593. The highest BCUT2D eigenvalue weighted by atomic mass is 14.2. The molecule has 5 aliphatic carbocycles. The highest BCUT2D eigenvalue weighted by Gasteiger charge is 2.12. The molecule has 0 aromatic rings. The summed E-state index contributed by atoms with van der Waals surface area (Å²) in [6.45, 7) is 3.75. The van der Waals surface area contributed by atoms with Crippen molar-refractivity contribution in [3.8, 4) is 0 Å². The van der Waals surface area contributed by atoms with Gasteiger partial charge in [0.15, 0.2) is 0 Å². The Morgan fingerprint density at radius 2 is 0.727 bits per heavy atom. The average Bonchev–Trinajstić information content (AvgIpc) is 3.45. The van der Waals surface area contributed by atoms with E-state index in [4.69, 9.17) is 0 Å². The van der Waals surface area contributed by atoms with Crippen LogP contribution in [0.2, 0.25) is 0 Å². The van der Waals surface area contributed by atoms with Gasteiger partial charge in [0.05, 0.1) is 0 Å². The minimum Gasteiger partial charge on any atom is -0.0533 e. The van der Waals surface area contributed by atoms with E-state index in [9.17, 15) is 0 Å². The van der Waals surface area contributed by atoms with E-state index in [-0.39, 0.29) is 0 Å². The molecule has 0 heteroatoms. The van der Waals surface area contributed by atoms with Crippen LogP contribution in [0.5, 0.6) is 0 Å². The highest BCUT2D eigenvalue weighted by molar-refractivity contribution is 4.79. The van der Waals surface area contributed by atoms with Crippen LogP contribution in [0.25, 0.3) is 0 Å². The summed E-state index contributed by atoms with van der Waals surface area (Å²) in [6, 6.07) is 0. The Hall–Kier alpha value is 0. The summed E-state index contributed by atoms with van der Waals surface area (Å²) in [5, 5.41) is 0. The van der Waals surface area contributed by atoms with Crippen LogP contribution in [0.3, 0.4) is 0 Å². The van der Waals surface area contributed by atoms with Crippen molar-refractivity contribution in [3.63, 3.8) is 0 Å². The maximum absolute atomic E-state index is 3.75. The number of rotatable bonds is 0. The van der Waals surface area contributed by atoms with Crippen LogP contribution in [0.4, 0.5) is 0 Å². The predicted octanol–water partition coefficient (Wildman–Crippen LogP) is 7.69. The summed E-state index contributed by atoms with van der Waals surface area (Å²) >= 11 is 0. The Kier molecular flexibility index (Phi) is 14.5. The van der Waals surface area contributed by atoms with E-state index >= 15 is 0 Å². The molecule has 0 saturated heterocycles. The van der Waals surface area contributed by atoms with E-state index in [2.05, 4.69) is 26.2 Å². The van der Waals surface area contributed by atoms with Crippen molar-refractivity contribution in [2.45, 2.75) is 109 Å². The maximum atomic E-state index is 3.75. The molecule has 0 aliphatic heterocycles. The Morgan fingerprint density at radius 1 is 0.455 bits per heavy atom. The van der Waals surface area contributed by atoms with Gasteiger partial charge in [0.1, 0.15) is 0 Å². The lowest BCUT2D eigenvalue weighted by Gasteiger charge is -2.05. The summed E-state index contributed by atoms with van der Waals surface area (Å²) in [5.41, 5.74) is 0. The molecule has 0 atom stereocenters. The molecule has 0 aromatic heterocycles. The minimum absolute atomic E-state index is 0.833. The fourth-order valence-electron chi connectivity index (χ4n) is 2.10. The molecule has 128 valence electrons. The highest BCUT2D eigenvalue weighted by Crippen LogP contribution is 2.26. The van der Waals surface area contributed by atoms with Crippen molar-refractivity contribution in [1.29, 1.82) is 0 Å². The van der Waals surface area contributed by atoms with Gasteiger partial charge in [-0.3, -0.25) is 0 Å². The lowest BCUT2D eigenvalue weighted by Crippen LogP contribution is -1.87. The second-order valence-corrected chi connectivity index (χ2v) is 7.22. The van der Waals surface area contributed by atoms with E-state index in [0.29, 0.717) is 0 Å². The normalized spacial score (nSPS) is 24.4. The maximum Gasteiger partial charge on any atom is -0.0386 e. The molecular weight excluding hydrogens is 264 g/mol. The molecule has 0 aromatic carbocycles. The van der Waals surface area contributed by atoms with Crippen molar-refractivity contribution in [2.24, 2.45) is 5.92 Å². The van der Waals surface area contributed by atoms with Gasteiger partial charge in [-0.25, -0.2) is 0 Å². The van der Waals surface area contributed by atoms with E-state index in [1.54, 1.807) is 0 Å². The van der Waals surface area contributed by atoms with Gasteiger partial charge >= 0.3 is 0 Å². The molecule has 4 radical (unpaired) electrons. The van der Waals surface area contributed by atoms with Gasteiger partial charge in [-0.1, -0.05) is 103 Å². The van der Waals surface area contributed by atoms with Crippen molar-refractivity contribution in [3.05, 3.63) is 26.2 Å². The average molecular weight is 305 g/mol. The predicted molar refractivity (Wildman–Crippen MR) is 100 cm³/mol. The molecule has 0 nitrogen and oxygen atoms in total. The van der Waals surface area contributed by atoms with E-state index < -0.39 is 0 Å². The Bertz CT molecular complexity index is 164. The number of hydrogen-bond donors (Lipinski definition) is 0. The topological polar surface area (TPSA) is 0 Å². The molecule has 22 heavy (non-hydrogen) atoms. The molecule has 5 aliphatic rings. The molecule has 0 amide bonds. The fourth-order valence-corrected chi connectivity index (χ4v) is 2.10. The van der Waals surface area contributed by atoms with Crippen LogP contribution < -0.4 is 0 Å². The summed E-state index contributed by atoms with van der Waals surface area (Å²) in [4.78, 5) is 0. The molecule has 0 spiro atoms. The molecule has 5 rings (SSSR count). The van der Waals surface area contributed by atoms with Crippen molar-refractivity contribution in [2.75, 3.05) is 0 Å². The standard InChI is InChI=1S/C6H11.C5H10.2C4H7.C3H5/c1-2-4-6-5-3-1;1-2-4-5-3-1;1-4-2-3-4;1-2-4-3-1;1-2-3-1/h1H,2-6H2;1-5H2;4H,1-3H2;1H,2-4H2;1H,2-3H2. The lowest BCUT2D eigenvalue weighted by atomic mass is 10.0. The zero-order valence-electron chi connectivity index (χ0n) is 15.0. The fraction of sp³-hybridized carbons (Fsp3) is 0.818. The molecule has 0 bridgehead atoms. The van der Waals surface area contributed by atoms with E-state index in [1.807, 2.05) is 0 Å².